The van der Waals surface area contributed by atoms with Gasteiger partial charge in [0.1, 0.15) is 5.75 Å². The number of aromatic hydroxyl groups is 3. The molecule has 1 aliphatic heterocycles. The molecule has 2 aromatic rings. The Morgan fingerprint density at radius 3 is 2.56 bits per heavy atom. The summed E-state index contributed by atoms with van der Waals surface area (Å²) in [5.41, 5.74) is 1.18. The normalized spacial score (nSPS) is 16.3. The lowest BCUT2D eigenvalue weighted by atomic mass is 10.2. The lowest BCUT2D eigenvalue weighted by Gasteiger charge is -2.06. The van der Waals surface area contributed by atoms with E-state index in [4.69, 9.17) is 12.2 Å². The van der Waals surface area contributed by atoms with Crippen molar-refractivity contribution in [3.05, 3.63) is 58.5 Å². The summed E-state index contributed by atoms with van der Waals surface area (Å²) in [6.07, 6.45) is 2.99. The number of phenols is 3. The maximum Gasteiger partial charge on any atom is 0.286 e. The first-order valence-electron chi connectivity index (χ1n) is 7.07. The number of rotatable bonds is 3. The fourth-order valence-electron chi connectivity index (χ4n) is 2.07. The second-order valence-electron chi connectivity index (χ2n) is 5.08. The highest BCUT2D eigenvalue weighted by Crippen LogP contribution is 2.33. The smallest absolute Gasteiger partial charge is 0.286 e. The van der Waals surface area contributed by atoms with Gasteiger partial charge in [0.05, 0.1) is 11.1 Å². The zero-order valence-electron chi connectivity index (χ0n) is 12.7. The fourth-order valence-corrected chi connectivity index (χ4v) is 3.24. The molecule has 8 heteroatoms. The lowest BCUT2D eigenvalue weighted by Crippen LogP contribution is -2.22. The highest BCUT2D eigenvalue weighted by molar-refractivity contribution is 8.26. The minimum Gasteiger partial charge on any atom is -0.508 e. The van der Waals surface area contributed by atoms with Crippen LogP contribution in [0.3, 0.4) is 0 Å². The number of phenolic OH excluding ortho intramolecular Hbond substituents is 3. The summed E-state index contributed by atoms with van der Waals surface area (Å²) in [5, 5.41) is 33.4. The van der Waals surface area contributed by atoms with E-state index in [1.807, 2.05) is 0 Å². The Kier molecular flexibility index (Phi) is 4.73. The zero-order valence-corrected chi connectivity index (χ0v) is 14.3. The summed E-state index contributed by atoms with van der Waals surface area (Å²) < 4.78 is 0.274. The van der Waals surface area contributed by atoms with Crippen LogP contribution in [0, 0.1) is 0 Å². The number of hydrazone groups is 1. The average molecular weight is 372 g/mol. The number of benzene rings is 2. The van der Waals surface area contributed by atoms with E-state index in [1.54, 1.807) is 30.3 Å². The highest BCUT2D eigenvalue weighted by Gasteiger charge is 2.32. The van der Waals surface area contributed by atoms with Crippen molar-refractivity contribution in [3.63, 3.8) is 0 Å². The third-order valence-corrected chi connectivity index (χ3v) is 4.55. The first kappa shape index (κ1) is 17.0. The third kappa shape index (κ3) is 3.81. The molecule has 3 rings (SSSR count). The highest BCUT2D eigenvalue weighted by atomic mass is 32.2. The molecule has 0 radical (unpaired) electrons. The van der Waals surface area contributed by atoms with Gasteiger partial charge < -0.3 is 15.3 Å². The van der Waals surface area contributed by atoms with E-state index < -0.39 is 0 Å². The molecule has 1 amide bonds. The van der Waals surface area contributed by atoms with Crippen molar-refractivity contribution in [3.8, 4) is 17.2 Å². The Bertz CT molecular complexity index is 925. The van der Waals surface area contributed by atoms with Crippen LogP contribution in [0.2, 0.25) is 0 Å². The van der Waals surface area contributed by atoms with E-state index in [9.17, 15) is 20.1 Å². The second kappa shape index (κ2) is 6.96. The van der Waals surface area contributed by atoms with Crippen molar-refractivity contribution < 1.29 is 20.1 Å². The van der Waals surface area contributed by atoms with Gasteiger partial charge in [-0.15, -0.1) is 0 Å². The molecule has 0 bridgehead atoms. The van der Waals surface area contributed by atoms with E-state index in [0.717, 1.165) is 16.8 Å². The van der Waals surface area contributed by atoms with Gasteiger partial charge in [-0.3, -0.25) is 4.79 Å². The molecule has 1 aliphatic rings. The van der Waals surface area contributed by atoms with E-state index in [0.29, 0.717) is 16.0 Å². The van der Waals surface area contributed by atoms with Crippen molar-refractivity contribution in [2.45, 2.75) is 0 Å². The average Bonchev–Trinajstić information content (AvgIpc) is 2.82. The van der Waals surface area contributed by atoms with E-state index in [1.165, 1.54) is 24.4 Å². The maximum atomic E-state index is 12.4. The van der Waals surface area contributed by atoms with E-state index >= 15 is 0 Å². The number of hydrogen-bond acceptors (Lipinski definition) is 7. The molecule has 0 unspecified atom stereocenters. The maximum absolute atomic E-state index is 12.4. The number of nitrogens with zero attached hydrogens (tertiary/aromatic N) is 2. The SMILES string of the molecule is O=C1/C(=C\c2cccc(O)c2)SC(=S)N1/N=C/c1ccc(O)c(O)c1. The third-order valence-electron chi connectivity index (χ3n) is 3.26. The fraction of sp³-hybridized carbons (Fsp3) is 0. The van der Waals surface area contributed by atoms with Gasteiger partial charge in [0.15, 0.2) is 15.8 Å². The van der Waals surface area contributed by atoms with Crippen LogP contribution < -0.4 is 0 Å². The molecular formula is C17H12N2O4S2. The van der Waals surface area contributed by atoms with Crippen LogP contribution in [0.25, 0.3) is 6.08 Å². The molecule has 6 nitrogen and oxygen atoms in total. The van der Waals surface area contributed by atoms with Gasteiger partial charge >= 0.3 is 0 Å². The monoisotopic (exact) mass is 372 g/mol. The standard InChI is InChI=1S/C17H12N2O4S2/c20-12-3-1-2-10(6-12)8-15-16(23)19(17(24)25-15)18-9-11-4-5-13(21)14(22)7-11/h1-9,20-22H/b15-8+,18-9+. The van der Waals surface area contributed by atoms with Gasteiger partial charge in [0.25, 0.3) is 5.91 Å². The predicted octanol–water partition coefficient (Wildman–Crippen LogP) is 3.04. The minimum atomic E-state index is -0.377. The number of thiocarbonyl (C=S) groups is 1. The Morgan fingerprint density at radius 1 is 1.04 bits per heavy atom. The van der Waals surface area contributed by atoms with E-state index in [2.05, 4.69) is 5.10 Å². The number of carbonyl (C=O) groups excluding carboxylic acids is 1. The minimum absolute atomic E-state index is 0.106. The molecule has 2 aromatic carbocycles. The largest absolute Gasteiger partial charge is 0.508 e. The molecule has 0 spiro atoms. The molecule has 126 valence electrons. The summed E-state index contributed by atoms with van der Waals surface area (Å²) in [6.45, 7) is 0. The molecular weight excluding hydrogens is 360 g/mol. The first-order chi connectivity index (χ1) is 11.9. The summed E-state index contributed by atoms with van der Waals surface area (Å²) in [5.74, 6) is -0.790. The molecule has 1 heterocycles. The Morgan fingerprint density at radius 2 is 1.84 bits per heavy atom. The number of thioether (sulfide) groups is 1. The zero-order chi connectivity index (χ0) is 18.0. The van der Waals surface area contributed by atoms with Gasteiger partial charge in [-0.05, 0) is 59.8 Å². The van der Waals surface area contributed by atoms with Crippen molar-refractivity contribution >= 4 is 46.5 Å². The van der Waals surface area contributed by atoms with E-state index in [-0.39, 0.29) is 27.5 Å². The summed E-state index contributed by atoms with van der Waals surface area (Å²) in [6, 6.07) is 10.7. The van der Waals surface area contributed by atoms with Crippen LogP contribution in [-0.2, 0) is 4.79 Å². The summed E-state index contributed by atoms with van der Waals surface area (Å²) >= 11 is 6.28. The molecule has 0 aromatic heterocycles. The van der Waals surface area contributed by atoms with Crippen LogP contribution >= 0.6 is 24.0 Å². The number of amides is 1. The Balaban J connectivity index is 1.81. The Hall–Kier alpha value is -2.84. The molecule has 0 aliphatic carbocycles. The van der Waals surface area contributed by atoms with Gasteiger partial charge in [0, 0.05) is 0 Å². The molecule has 0 atom stereocenters. The van der Waals surface area contributed by atoms with Crippen molar-refractivity contribution in [1.82, 2.24) is 5.01 Å². The van der Waals surface area contributed by atoms with Crippen molar-refractivity contribution in [2.75, 3.05) is 0 Å². The first-order valence-corrected chi connectivity index (χ1v) is 8.29. The number of carbonyl (C=O) groups is 1. The van der Waals surface area contributed by atoms with Crippen molar-refractivity contribution in [2.24, 2.45) is 5.10 Å². The molecule has 0 saturated carbocycles. The van der Waals surface area contributed by atoms with Gasteiger partial charge in [0.2, 0.25) is 0 Å². The second-order valence-corrected chi connectivity index (χ2v) is 6.76. The van der Waals surface area contributed by atoms with Gasteiger partial charge in [-0.1, -0.05) is 23.9 Å². The van der Waals surface area contributed by atoms with Crippen LogP contribution in [0.5, 0.6) is 17.2 Å². The van der Waals surface area contributed by atoms with Crippen LogP contribution in [0.15, 0.2) is 52.5 Å². The number of hydrogen-bond donors (Lipinski definition) is 3. The topological polar surface area (TPSA) is 93.4 Å². The quantitative estimate of drug-likeness (QED) is 0.332. The Labute approximate surface area is 152 Å². The van der Waals surface area contributed by atoms with Crippen LogP contribution in [0.4, 0.5) is 0 Å². The molecule has 3 N–H and O–H groups in total. The lowest BCUT2D eigenvalue weighted by molar-refractivity contribution is -0.122. The van der Waals surface area contributed by atoms with Gasteiger partial charge in [-0.2, -0.15) is 10.1 Å². The summed E-state index contributed by atoms with van der Waals surface area (Å²) in [7, 11) is 0. The van der Waals surface area contributed by atoms with Crippen molar-refractivity contribution in [1.29, 1.82) is 0 Å². The van der Waals surface area contributed by atoms with Gasteiger partial charge in [-0.25, -0.2) is 0 Å². The van der Waals surface area contributed by atoms with Crippen LogP contribution in [0.1, 0.15) is 11.1 Å². The summed E-state index contributed by atoms with van der Waals surface area (Å²) in [4.78, 5) is 12.8. The van der Waals surface area contributed by atoms with Crippen LogP contribution in [-0.4, -0.2) is 36.8 Å². The molecule has 1 saturated heterocycles. The molecule has 25 heavy (non-hydrogen) atoms. The predicted molar refractivity (Wildman–Crippen MR) is 100 cm³/mol. The molecule has 1 fully saturated rings.